The fourth-order valence-electron chi connectivity index (χ4n) is 0.667. The Bertz CT molecular complexity index is 68.1. The first-order valence-electron chi connectivity index (χ1n) is 3.25. The van der Waals surface area contributed by atoms with Gasteiger partial charge in [-0.25, -0.2) is 0 Å². The van der Waals surface area contributed by atoms with Crippen molar-refractivity contribution < 1.29 is 0 Å². The summed E-state index contributed by atoms with van der Waals surface area (Å²) in [5.41, 5.74) is 0. The molecule has 0 unspecified atom stereocenters. The van der Waals surface area contributed by atoms with Crippen LogP contribution in [0.25, 0.3) is 0 Å². The van der Waals surface area contributed by atoms with Gasteiger partial charge in [0, 0.05) is 12.1 Å². The van der Waals surface area contributed by atoms with E-state index < -0.39 is 0 Å². The number of hydrogen-bond acceptors (Lipinski definition) is 4. The standard InChI is InChI=1S/C6H15N.HNO2/c1-5(2)7-6(3)4;2-1-3/h5-7H,1-4H3;(H,2,3)/p-1. The van der Waals surface area contributed by atoms with Gasteiger partial charge in [-0.05, 0) is 0 Å². The summed E-state index contributed by atoms with van der Waals surface area (Å²) in [7, 11) is 0. The van der Waals surface area contributed by atoms with Gasteiger partial charge in [0.2, 0.25) is 0 Å². The molecule has 0 aliphatic carbocycles. The monoisotopic (exact) mass is 147 g/mol. The van der Waals surface area contributed by atoms with Gasteiger partial charge in [0.1, 0.15) is 0 Å². The lowest BCUT2D eigenvalue weighted by Gasteiger charge is -2.10. The number of rotatable bonds is 2. The van der Waals surface area contributed by atoms with E-state index in [2.05, 4.69) is 33.0 Å². The van der Waals surface area contributed by atoms with Crippen LogP contribution >= 0.6 is 0 Å². The lowest BCUT2D eigenvalue weighted by Crippen LogP contribution is -2.29. The van der Waals surface area contributed by atoms with Gasteiger partial charge < -0.3 is 15.4 Å². The summed E-state index contributed by atoms with van der Waals surface area (Å²) in [6.45, 7) is 8.61. The summed E-state index contributed by atoms with van der Waals surface area (Å²) in [6.07, 6.45) is 0. The van der Waals surface area contributed by atoms with E-state index in [1.165, 1.54) is 0 Å². The third kappa shape index (κ3) is 26.4. The molecule has 0 heterocycles. The summed E-state index contributed by atoms with van der Waals surface area (Å²) in [4.78, 5) is 8.00. The van der Waals surface area contributed by atoms with Gasteiger partial charge in [-0.3, -0.25) is 0 Å². The molecule has 0 fully saturated rings. The van der Waals surface area contributed by atoms with Crippen molar-refractivity contribution in [3.8, 4) is 0 Å². The maximum Gasteiger partial charge on any atom is 0.00127 e. The minimum absolute atomic E-state index is 0.625. The smallest absolute Gasteiger partial charge is 0.00127 e. The van der Waals surface area contributed by atoms with Crippen LogP contribution in [-0.2, 0) is 0 Å². The molecule has 0 aromatic carbocycles. The van der Waals surface area contributed by atoms with Crippen LogP contribution in [0.3, 0.4) is 0 Å². The lowest BCUT2D eigenvalue weighted by molar-refractivity contribution is 0.518. The SMILES string of the molecule is CC(C)NC(C)C.O=N[O-]. The first-order valence-corrected chi connectivity index (χ1v) is 3.25. The average Bonchev–Trinajstić information content (AvgIpc) is 1.62. The zero-order chi connectivity index (χ0) is 8.57. The van der Waals surface area contributed by atoms with Gasteiger partial charge in [-0.1, -0.05) is 27.7 Å². The lowest BCUT2D eigenvalue weighted by atomic mass is 10.3. The Morgan fingerprint density at radius 2 is 1.40 bits per heavy atom. The maximum atomic E-state index is 8.00. The zero-order valence-corrected chi connectivity index (χ0v) is 6.92. The Hall–Kier alpha value is -0.640. The van der Waals surface area contributed by atoms with Crippen molar-refractivity contribution in [1.29, 1.82) is 0 Å². The van der Waals surface area contributed by atoms with E-state index in [1.807, 2.05) is 0 Å². The molecule has 4 nitrogen and oxygen atoms in total. The van der Waals surface area contributed by atoms with Crippen LogP contribution in [0, 0.1) is 10.1 Å². The third-order valence-corrected chi connectivity index (χ3v) is 0.667. The first-order chi connectivity index (χ1) is 4.54. The summed E-state index contributed by atoms with van der Waals surface area (Å²) in [5, 5.41) is 12.3. The molecule has 4 heteroatoms. The van der Waals surface area contributed by atoms with E-state index >= 15 is 0 Å². The minimum Gasteiger partial charge on any atom is -0.444 e. The normalized spacial score (nSPS) is 9.00. The zero-order valence-electron chi connectivity index (χ0n) is 6.92. The van der Waals surface area contributed by atoms with Gasteiger partial charge >= 0.3 is 0 Å². The summed E-state index contributed by atoms with van der Waals surface area (Å²) in [6, 6.07) is 1.25. The molecule has 0 amide bonds. The van der Waals surface area contributed by atoms with Gasteiger partial charge in [-0.2, -0.15) is 0 Å². The van der Waals surface area contributed by atoms with E-state index in [-0.39, 0.29) is 0 Å². The van der Waals surface area contributed by atoms with Crippen LogP contribution in [0.5, 0.6) is 0 Å². The Labute approximate surface area is 61.6 Å². The van der Waals surface area contributed by atoms with Crippen LogP contribution in [0.1, 0.15) is 27.7 Å². The summed E-state index contributed by atoms with van der Waals surface area (Å²) in [5.74, 6) is 0. The quantitative estimate of drug-likeness (QED) is 0.477. The van der Waals surface area contributed by atoms with Crippen LogP contribution in [0.4, 0.5) is 0 Å². The average molecular weight is 147 g/mol. The van der Waals surface area contributed by atoms with E-state index in [0.29, 0.717) is 12.1 Å². The number of hydrogen-bond donors (Lipinski definition) is 1. The molecule has 0 saturated carbocycles. The fourth-order valence-corrected chi connectivity index (χ4v) is 0.667. The van der Waals surface area contributed by atoms with Crippen LogP contribution < -0.4 is 5.32 Å². The molecule has 0 spiro atoms. The maximum absolute atomic E-state index is 8.00. The Balaban J connectivity index is 0. The summed E-state index contributed by atoms with van der Waals surface area (Å²) >= 11 is 0. The Morgan fingerprint density at radius 1 is 1.20 bits per heavy atom. The van der Waals surface area contributed by atoms with E-state index in [0.717, 1.165) is 5.34 Å². The highest BCUT2D eigenvalue weighted by molar-refractivity contribution is 4.55. The van der Waals surface area contributed by atoms with Crippen LogP contribution in [-0.4, -0.2) is 12.1 Å². The van der Waals surface area contributed by atoms with Crippen molar-refractivity contribution in [3.05, 3.63) is 10.1 Å². The molecular formula is C6H15N2O2-. The van der Waals surface area contributed by atoms with E-state index in [9.17, 15) is 0 Å². The Morgan fingerprint density at radius 3 is 1.40 bits per heavy atom. The topological polar surface area (TPSA) is 64.5 Å². The van der Waals surface area contributed by atoms with Crippen LogP contribution in [0.15, 0.2) is 5.34 Å². The van der Waals surface area contributed by atoms with Crippen molar-refractivity contribution >= 4 is 0 Å². The molecule has 0 aromatic rings. The predicted octanol–water partition coefficient (Wildman–Crippen LogP) is 1.64. The molecule has 0 bridgehead atoms. The van der Waals surface area contributed by atoms with Gasteiger partial charge in [-0.15, -0.1) is 5.34 Å². The van der Waals surface area contributed by atoms with Gasteiger partial charge in [0.25, 0.3) is 0 Å². The number of nitrogens with one attached hydrogen (secondary N) is 1. The van der Waals surface area contributed by atoms with E-state index in [4.69, 9.17) is 10.1 Å². The minimum atomic E-state index is 0.625. The second kappa shape index (κ2) is 8.36. The highest BCUT2D eigenvalue weighted by Gasteiger charge is 1.92. The highest BCUT2D eigenvalue weighted by atomic mass is 16.6. The number of nitrogens with zero attached hydrogens (tertiary/aromatic N) is 1. The molecule has 0 rings (SSSR count). The Kier molecular flexibility index (Phi) is 10.1. The largest absolute Gasteiger partial charge is 0.444 e. The third-order valence-electron chi connectivity index (χ3n) is 0.667. The molecular weight excluding hydrogens is 132 g/mol. The van der Waals surface area contributed by atoms with E-state index in [1.54, 1.807) is 0 Å². The van der Waals surface area contributed by atoms with Crippen molar-refractivity contribution in [2.24, 2.45) is 5.34 Å². The molecule has 0 aliphatic rings. The second-order valence-electron chi connectivity index (χ2n) is 2.55. The van der Waals surface area contributed by atoms with Crippen molar-refractivity contribution in [2.75, 3.05) is 0 Å². The molecule has 62 valence electrons. The predicted molar refractivity (Wildman–Crippen MR) is 42.6 cm³/mol. The molecule has 0 aromatic heterocycles. The highest BCUT2D eigenvalue weighted by Crippen LogP contribution is 1.80. The first kappa shape index (κ1) is 12.1. The van der Waals surface area contributed by atoms with Gasteiger partial charge in [0.05, 0.1) is 0 Å². The van der Waals surface area contributed by atoms with Crippen molar-refractivity contribution in [1.82, 2.24) is 5.32 Å². The van der Waals surface area contributed by atoms with Crippen LogP contribution in [0.2, 0.25) is 0 Å². The van der Waals surface area contributed by atoms with Gasteiger partial charge in [0.15, 0.2) is 0 Å². The summed E-state index contributed by atoms with van der Waals surface area (Å²) < 4.78 is 0. The molecule has 0 saturated heterocycles. The second-order valence-corrected chi connectivity index (χ2v) is 2.55. The molecule has 0 radical (unpaired) electrons. The molecule has 0 atom stereocenters. The van der Waals surface area contributed by atoms with Crippen molar-refractivity contribution in [2.45, 2.75) is 39.8 Å². The molecule has 1 N–H and O–H groups in total. The molecule has 0 aliphatic heterocycles. The van der Waals surface area contributed by atoms with Crippen molar-refractivity contribution in [3.63, 3.8) is 0 Å². The fraction of sp³-hybridized carbons (Fsp3) is 1.00. The molecule has 10 heavy (non-hydrogen) atoms.